The second-order valence-electron chi connectivity index (χ2n) is 4.97. The summed E-state index contributed by atoms with van der Waals surface area (Å²) in [5.41, 5.74) is 6.11. The molecule has 0 amide bonds. The molecule has 0 heterocycles. The van der Waals surface area contributed by atoms with Crippen molar-refractivity contribution in [2.75, 3.05) is 0 Å². The van der Waals surface area contributed by atoms with Crippen molar-refractivity contribution >= 4 is 7.81 Å². The van der Waals surface area contributed by atoms with E-state index in [1.807, 2.05) is 0 Å². The normalized spacial score (nSPS) is 14.8. The molecule has 0 unspecified atom stereocenters. The number of hydrogen-bond donors (Lipinski definition) is 0. The molecule has 11 heteroatoms. The van der Waals surface area contributed by atoms with Gasteiger partial charge in [0.1, 0.15) is 0 Å². The molecule has 27 heavy (non-hydrogen) atoms. The molecule has 0 aromatic carbocycles. The van der Waals surface area contributed by atoms with Gasteiger partial charge in [-0.2, -0.15) is 15.8 Å². The molecule has 0 aromatic rings. The Morgan fingerprint density at radius 2 is 0.778 bits per heavy atom. The van der Waals surface area contributed by atoms with E-state index in [0.29, 0.717) is 5.92 Å². The second kappa shape index (κ2) is 13.7. The fourth-order valence-corrected chi connectivity index (χ4v) is 1.57. The van der Waals surface area contributed by atoms with Crippen LogP contribution in [-0.2, 0) is 19.5 Å². The van der Waals surface area contributed by atoms with Crippen molar-refractivity contribution in [3.8, 4) is 18.2 Å². The van der Waals surface area contributed by atoms with Gasteiger partial charge in [0.15, 0.2) is 0 Å². The van der Waals surface area contributed by atoms with Gasteiger partial charge in [0, 0.05) is 20.8 Å². The van der Waals surface area contributed by atoms with Crippen LogP contribution < -0.4 is 0 Å². The van der Waals surface area contributed by atoms with Crippen LogP contribution in [0.2, 0.25) is 0 Å². The molecule has 0 aliphatic heterocycles. The minimum Gasteiger partial charge on any atom is 1.00 e. The van der Waals surface area contributed by atoms with Crippen molar-refractivity contribution in [1.82, 2.24) is 0 Å². The Kier molecular flexibility index (Phi) is 18.5. The zero-order chi connectivity index (χ0) is 22.4. The van der Waals surface area contributed by atoms with Gasteiger partial charge in [0.05, 0.1) is 18.2 Å². The summed E-state index contributed by atoms with van der Waals surface area (Å²) in [4.78, 5) is 0. The molecule has 0 aromatic heterocycles. The van der Waals surface area contributed by atoms with Crippen LogP contribution in [0.15, 0.2) is 22.3 Å². The van der Waals surface area contributed by atoms with Crippen molar-refractivity contribution in [3.63, 3.8) is 0 Å². The zero-order valence-electron chi connectivity index (χ0n) is 16.5. The molecule has 0 N–H and O–H groups in total. The summed E-state index contributed by atoms with van der Waals surface area (Å²) in [6, 6.07) is 5.25. The fourth-order valence-electron chi connectivity index (χ4n) is 1.57. The first-order valence-corrected chi connectivity index (χ1v) is 9.12. The molecule has 3 nitrogen and oxygen atoms in total. The standard InChI is InChI=1S/C10H16.3C2H3N.F6P.Ru/c1-6-7(2)9(4)10(5)8(6)3;3*1-2-3;1-7(2,3,4,5)6;/h6H,1-5H3;3*1H3;;/q;;;;-1;+1. The fraction of sp³-hybridized carbons (Fsp3) is 0.562. The Morgan fingerprint density at radius 3 is 0.815 bits per heavy atom. The van der Waals surface area contributed by atoms with Gasteiger partial charge >= 0.3 is 52.5 Å². The largest absolute Gasteiger partial charge is 1.00 e. The van der Waals surface area contributed by atoms with Crippen LogP contribution in [0.25, 0.3) is 0 Å². The number of nitrogens with zero attached hydrogens (tertiary/aromatic N) is 3. The number of hydrogen-bond acceptors (Lipinski definition) is 3. The summed E-state index contributed by atoms with van der Waals surface area (Å²) in [7, 11) is -10.7. The van der Waals surface area contributed by atoms with Gasteiger partial charge in [-0.05, 0) is 44.8 Å². The van der Waals surface area contributed by atoms with E-state index >= 15 is 0 Å². The maximum absolute atomic E-state index is 10.7. The Morgan fingerprint density at radius 1 is 0.667 bits per heavy atom. The molecule has 0 bridgehead atoms. The minimum absolute atomic E-state index is 0. The van der Waals surface area contributed by atoms with E-state index in [-0.39, 0.29) is 19.5 Å². The van der Waals surface area contributed by atoms with Crippen molar-refractivity contribution < 1.29 is 44.7 Å². The van der Waals surface area contributed by atoms with E-state index in [9.17, 15) is 25.2 Å². The van der Waals surface area contributed by atoms with E-state index in [4.69, 9.17) is 15.8 Å². The minimum atomic E-state index is -10.7. The molecule has 0 fully saturated rings. The van der Waals surface area contributed by atoms with Crippen LogP contribution in [0.4, 0.5) is 25.2 Å². The van der Waals surface area contributed by atoms with Gasteiger partial charge in [-0.25, -0.2) is 0 Å². The van der Waals surface area contributed by atoms with Crippen LogP contribution in [-0.4, -0.2) is 0 Å². The van der Waals surface area contributed by atoms with Crippen LogP contribution in [0.1, 0.15) is 55.4 Å². The van der Waals surface area contributed by atoms with Gasteiger partial charge in [0.25, 0.3) is 0 Å². The molecule has 0 saturated carbocycles. The first kappa shape index (κ1) is 36.5. The van der Waals surface area contributed by atoms with Crippen molar-refractivity contribution in [1.29, 1.82) is 15.8 Å². The van der Waals surface area contributed by atoms with E-state index in [1.165, 1.54) is 31.9 Å². The summed E-state index contributed by atoms with van der Waals surface area (Å²) >= 11 is 0. The third kappa shape index (κ3) is 36.3. The molecule has 159 valence electrons. The van der Waals surface area contributed by atoms with Crippen molar-refractivity contribution in [3.05, 3.63) is 22.3 Å². The van der Waals surface area contributed by atoms with Crippen molar-refractivity contribution in [2.45, 2.75) is 55.4 Å². The Hall–Kier alpha value is -1.42. The van der Waals surface area contributed by atoms with Gasteiger partial charge < -0.3 is 0 Å². The third-order valence-electron chi connectivity index (χ3n) is 3.04. The monoisotopic (exact) mass is 506 g/mol. The summed E-state index contributed by atoms with van der Waals surface area (Å²) < 4.78 is 59.2. The van der Waals surface area contributed by atoms with E-state index in [2.05, 4.69) is 34.6 Å². The maximum atomic E-state index is 9.87. The average Bonchev–Trinajstić information content (AvgIpc) is 2.56. The first-order chi connectivity index (χ1) is 11.2. The topological polar surface area (TPSA) is 71.4 Å². The first-order valence-electron chi connectivity index (χ1n) is 7.09. The molecular formula is C16H25F6N3PRu. The second-order valence-corrected chi connectivity index (χ2v) is 6.88. The van der Waals surface area contributed by atoms with Gasteiger partial charge in [0.2, 0.25) is 0 Å². The maximum Gasteiger partial charge on any atom is 1.00 e. The molecule has 1 aliphatic carbocycles. The summed E-state index contributed by atoms with van der Waals surface area (Å²) in [5.74, 6) is 0.694. The van der Waals surface area contributed by atoms with Crippen LogP contribution in [0.3, 0.4) is 0 Å². The Balaban J connectivity index is -0.0000000835. The number of allylic oxidation sites excluding steroid dienone is 4. The average molecular weight is 505 g/mol. The zero-order valence-corrected chi connectivity index (χ0v) is 19.1. The van der Waals surface area contributed by atoms with Crippen LogP contribution in [0, 0.1) is 39.9 Å². The van der Waals surface area contributed by atoms with Crippen molar-refractivity contribution in [2.24, 2.45) is 5.92 Å². The molecule has 1 aliphatic rings. The smallest absolute Gasteiger partial charge is 1.00 e. The molecule has 1 radical (unpaired) electrons. The predicted molar refractivity (Wildman–Crippen MR) is 93.3 cm³/mol. The quantitative estimate of drug-likeness (QED) is 0.189. The molecular weight excluding hydrogens is 480 g/mol. The Labute approximate surface area is 170 Å². The molecule has 0 spiro atoms. The number of nitriles is 3. The molecule has 0 saturated heterocycles. The third-order valence-corrected chi connectivity index (χ3v) is 3.04. The van der Waals surface area contributed by atoms with E-state index < -0.39 is 7.81 Å². The molecule has 0 atom stereocenters. The summed E-state index contributed by atoms with van der Waals surface area (Å²) in [5, 5.41) is 22.0. The van der Waals surface area contributed by atoms with Crippen LogP contribution >= 0.6 is 7.81 Å². The number of halogens is 6. The number of rotatable bonds is 0. The Bertz CT molecular complexity index is 568. The summed E-state index contributed by atoms with van der Waals surface area (Å²) in [6.07, 6.45) is 0. The van der Waals surface area contributed by atoms with Gasteiger partial charge in [-0.3, -0.25) is 0 Å². The summed E-state index contributed by atoms with van der Waals surface area (Å²) in [6.45, 7) is 15.5. The molecule has 1 rings (SSSR count). The predicted octanol–water partition coefficient (Wildman–Crippen LogP) is 8.28. The van der Waals surface area contributed by atoms with E-state index in [0.717, 1.165) is 0 Å². The van der Waals surface area contributed by atoms with E-state index in [1.54, 1.807) is 29.4 Å². The van der Waals surface area contributed by atoms with Gasteiger partial charge in [-0.15, -0.1) is 0 Å². The van der Waals surface area contributed by atoms with Crippen LogP contribution in [0.5, 0.6) is 0 Å². The van der Waals surface area contributed by atoms with Gasteiger partial charge in [-0.1, -0.05) is 18.1 Å². The SMILES string of the molecule is CC#N.CC#N.CC#N.CC1=C(C)C(C)C(C)=C1C.F[P-](F)(F)(F)(F)F.[Ru+].